The van der Waals surface area contributed by atoms with Crippen LogP contribution >= 0.6 is 23.2 Å². The quantitative estimate of drug-likeness (QED) is 0.663. The van der Waals surface area contributed by atoms with E-state index < -0.39 is 0 Å². The number of nitrogens with zero attached hydrogens (tertiary/aromatic N) is 1. The highest BCUT2D eigenvalue weighted by molar-refractivity contribution is 6.28. The molecule has 1 aromatic carbocycles. The highest BCUT2D eigenvalue weighted by Gasteiger charge is 2.02. The summed E-state index contributed by atoms with van der Waals surface area (Å²) in [5.74, 6) is 0.473. The van der Waals surface area contributed by atoms with Gasteiger partial charge in [0, 0.05) is 5.88 Å². The second-order valence-corrected chi connectivity index (χ2v) is 2.99. The molecule has 12 heavy (non-hydrogen) atoms. The molecule has 0 N–H and O–H groups in total. The van der Waals surface area contributed by atoms with E-state index in [2.05, 4.69) is 4.98 Å². The van der Waals surface area contributed by atoms with Crippen molar-refractivity contribution in [2.24, 2.45) is 0 Å². The van der Waals surface area contributed by atoms with Crippen molar-refractivity contribution in [1.29, 1.82) is 0 Å². The summed E-state index contributed by atoms with van der Waals surface area (Å²) in [6.07, 6.45) is 0. The maximum absolute atomic E-state index is 5.64. The van der Waals surface area contributed by atoms with E-state index in [9.17, 15) is 0 Å². The Kier molecular flexibility index (Phi) is 1.95. The topological polar surface area (TPSA) is 26.0 Å². The fourth-order valence-corrected chi connectivity index (χ4v) is 1.37. The second-order valence-electron chi connectivity index (χ2n) is 2.40. The first-order valence-corrected chi connectivity index (χ1v) is 4.32. The van der Waals surface area contributed by atoms with E-state index in [1.807, 2.05) is 18.2 Å². The van der Waals surface area contributed by atoms with E-state index in [1.54, 1.807) is 0 Å². The van der Waals surface area contributed by atoms with Gasteiger partial charge in [0.25, 0.3) is 5.35 Å². The van der Waals surface area contributed by atoms with E-state index in [1.165, 1.54) is 0 Å². The molecule has 2 rings (SSSR count). The van der Waals surface area contributed by atoms with Crippen LogP contribution in [0.15, 0.2) is 22.6 Å². The van der Waals surface area contributed by atoms with Crippen molar-refractivity contribution in [3.8, 4) is 0 Å². The van der Waals surface area contributed by atoms with Gasteiger partial charge in [-0.25, -0.2) is 0 Å². The fourth-order valence-electron chi connectivity index (χ4n) is 1.03. The Morgan fingerprint density at radius 3 is 3.00 bits per heavy atom. The summed E-state index contributed by atoms with van der Waals surface area (Å²) in [6, 6.07) is 5.56. The Labute approximate surface area is 79.1 Å². The number of aromatic nitrogens is 1. The number of alkyl halides is 1. The molecule has 0 radical (unpaired) electrons. The van der Waals surface area contributed by atoms with Crippen LogP contribution in [-0.2, 0) is 5.88 Å². The maximum atomic E-state index is 5.64. The van der Waals surface area contributed by atoms with Crippen molar-refractivity contribution in [2.45, 2.75) is 5.88 Å². The van der Waals surface area contributed by atoms with Crippen molar-refractivity contribution < 1.29 is 4.42 Å². The lowest BCUT2D eigenvalue weighted by atomic mass is 10.2. The number of benzene rings is 1. The lowest BCUT2D eigenvalue weighted by Crippen LogP contribution is -1.75. The molecule has 0 bridgehead atoms. The number of rotatable bonds is 1. The van der Waals surface area contributed by atoms with Crippen molar-refractivity contribution in [3.63, 3.8) is 0 Å². The molecule has 0 aliphatic heterocycles. The largest absolute Gasteiger partial charge is 0.428 e. The van der Waals surface area contributed by atoms with Gasteiger partial charge in [0.2, 0.25) is 0 Å². The van der Waals surface area contributed by atoms with Gasteiger partial charge in [-0.15, -0.1) is 11.6 Å². The molecule has 0 spiro atoms. The minimum Gasteiger partial charge on any atom is -0.428 e. The third-order valence-electron chi connectivity index (χ3n) is 1.58. The Morgan fingerprint density at radius 2 is 2.25 bits per heavy atom. The molecule has 0 aliphatic rings. The summed E-state index contributed by atoms with van der Waals surface area (Å²) in [7, 11) is 0. The second kappa shape index (κ2) is 2.96. The van der Waals surface area contributed by atoms with Crippen LogP contribution in [0.2, 0.25) is 5.35 Å². The van der Waals surface area contributed by atoms with Gasteiger partial charge in [0.1, 0.15) is 5.52 Å². The summed E-state index contributed by atoms with van der Waals surface area (Å²) < 4.78 is 5.08. The van der Waals surface area contributed by atoms with E-state index in [-0.39, 0.29) is 5.35 Å². The fraction of sp³-hybridized carbons (Fsp3) is 0.125. The smallest absolute Gasteiger partial charge is 0.293 e. The maximum Gasteiger partial charge on any atom is 0.293 e. The number of hydrogen-bond acceptors (Lipinski definition) is 2. The number of fused-ring (bicyclic) bond motifs is 1. The summed E-state index contributed by atoms with van der Waals surface area (Å²) in [6.45, 7) is 0. The Morgan fingerprint density at radius 1 is 1.42 bits per heavy atom. The first-order chi connectivity index (χ1) is 5.79. The van der Waals surface area contributed by atoms with Crippen LogP contribution in [0.5, 0.6) is 0 Å². The summed E-state index contributed by atoms with van der Waals surface area (Å²) in [4.78, 5) is 3.96. The summed E-state index contributed by atoms with van der Waals surface area (Å²) in [5, 5.41) is 0.164. The molecule has 2 aromatic rings. The molecule has 2 nitrogen and oxygen atoms in total. The van der Waals surface area contributed by atoms with Gasteiger partial charge in [0.15, 0.2) is 5.58 Å². The van der Waals surface area contributed by atoms with E-state index in [0.717, 1.165) is 11.1 Å². The molecular weight excluding hydrogens is 197 g/mol. The van der Waals surface area contributed by atoms with Crippen LogP contribution in [0.25, 0.3) is 11.1 Å². The number of oxazole rings is 1. The molecule has 62 valence electrons. The van der Waals surface area contributed by atoms with Crippen molar-refractivity contribution in [3.05, 3.63) is 29.1 Å². The Hall–Kier alpha value is -0.730. The molecule has 0 fully saturated rings. The minimum atomic E-state index is 0.164. The molecule has 0 aliphatic carbocycles. The number of halogens is 2. The molecule has 1 heterocycles. The molecule has 0 atom stereocenters. The van der Waals surface area contributed by atoms with E-state index in [0.29, 0.717) is 11.5 Å². The van der Waals surface area contributed by atoms with Crippen LogP contribution in [0.4, 0.5) is 0 Å². The molecule has 4 heteroatoms. The SMILES string of the molecule is ClCc1ccc2oc(Cl)nc2c1. The van der Waals surface area contributed by atoms with Crippen molar-refractivity contribution in [2.75, 3.05) is 0 Å². The van der Waals surface area contributed by atoms with Crippen LogP contribution in [0, 0.1) is 0 Å². The lowest BCUT2D eigenvalue weighted by Gasteiger charge is -1.91. The van der Waals surface area contributed by atoms with Crippen molar-refractivity contribution >= 4 is 34.3 Å². The standard InChI is InChI=1S/C8H5Cl2NO/c9-4-5-1-2-7-6(3-5)11-8(10)12-7/h1-3H,4H2. The van der Waals surface area contributed by atoms with E-state index >= 15 is 0 Å². The monoisotopic (exact) mass is 201 g/mol. The third-order valence-corrected chi connectivity index (χ3v) is 2.05. The normalized spacial score (nSPS) is 10.8. The molecule has 0 amide bonds. The zero-order chi connectivity index (χ0) is 8.55. The van der Waals surface area contributed by atoms with E-state index in [4.69, 9.17) is 27.6 Å². The highest BCUT2D eigenvalue weighted by atomic mass is 35.5. The van der Waals surface area contributed by atoms with Gasteiger partial charge in [0.05, 0.1) is 0 Å². The summed E-state index contributed by atoms with van der Waals surface area (Å²) in [5.41, 5.74) is 2.45. The molecule has 0 unspecified atom stereocenters. The number of hydrogen-bond donors (Lipinski definition) is 0. The zero-order valence-electron chi connectivity index (χ0n) is 6.05. The molecule has 0 saturated carbocycles. The predicted octanol–water partition coefficient (Wildman–Crippen LogP) is 3.22. The first kappa shape index (κ1) is 7.90. The molecular formula is C8H5Cl2NO. The Bertz CT molecular complexity index is 410. The first-order valence-electron chi connectivity index (χ1n) is 3.40. The van der Waals surface area contributed by atoms with Crippen LogP contribution in [0.3, 0.4) is 0 Å². The van der Waals surface area contributed by atoms with Gasteiger partial charge < -0.3 is 4.42 Å². The average molecular weight is 202 g/mol. The minimum absolute atomic E-state index is 0.164. The lowest BCUT2D eigenvalue weighted by molar-refractivity contribution is 0.604. The van der Waals surface area contributed by atoms with Gasteiger partial charge in [-0.3, -0.25) is 0 Å². The van der Waals surface area contributed by atoms with Gasteiger partial charge in [-0.05, 0) is 29.3 Å². The average Bonchev–Trinajstić information content (AvgIpc) is 2.43. The third kappa shape index (κ3) is 1.28. The Balaban J connectivity index is 2.66. The van der Waals surface area contributed by atoms with Gasteiger partial charge in [-0.1, -0.05) is 6.07 Å². The molecule has 0 saturated heterocycles. The highest BCUT2D eigenvalue weighted by Crippen LogP contribution is 2.20. The van der Waals surface area contributed by atoms with Crippen LogP contribution in [-0.4, -0.2) is 4.98 Å². The zero-order valence-corrected chi connectivity index (χ0v) is 7.56. The van der Waals surface area contributed by atoms with Gasteiger partial charge in [-0.2, -0.15) is 4.98 Å². The van der Waals surface area contributed by atoms with Crippen LogP contribution < -0.4 is 0 Å². The van der Waals surface area contributed by atoms with Crippen LogP contribution in [0.1, 0.15) is 5.56 Å². The predicted molar refractivity (Wildman–Crippen MR) is 48.6 cm³/mol. The molecule has 1 aromatic heterocycles. The van der Waals surface area contributed by atoms with Gasteiger partial charge >= 0.3 is 0 Å². The summed E-state index contributed by atoms with van der Waals surface area (Å²) >= 11 is 11.2. The van der Waals surface area contributed by atoms with Crippen molar-refractivity contribution in [1.82, 2.24) is 4.98 Å².